The summed E-state index contributed by atoms with van der Waals surface area (Å²) >= 11 is 0. The molecule has 0 saturated heterocycles. The molecule has 5 rings (SSSR count). The van der Waals surface area contributed by atoms with Crippen LogP contribution in [-0.4, -0.2) is 40.5 Å². The van der Waals surface area contributed by atoms with Crippen molar-refractivity contribution in [2.75, 3.05) is 6.54 Å². The number of amides is 1. The highest BCUT2D eigenvalue weighted by molar-refractivity contribution is 7.90. The molecule has 1 aromatic heterocycles. The van der Waals surface area contributed by atoms with E-state index in [9.17, 15) is 18.3 Å². The standard InChI is InChI=1S/C29H32N4O4S/c1-20-7-11-22(12-8-20)17-24(18-30-38(36,37)25-15-16-25)33-27-6-4-3-5-26(27)32(28(33)31-29(34)35)19-23-13-9-21(2)10-14-23/h3-14,24-25,30H,15-19H2,1-2H3,(H,34,35)/b31-28+. The molecule has 0 spiro atoms. The fraction of sp³-hybridized carbons (Fsp3) is 0.310. The van der Waals surface area contributed by atoms with Gasteiger partial charge in [0.25, 0.3) is 0 Å². The van der Waals surface area contributed by atoms with E-state index >= 15 is 0 Å². The summed E-state index contributed by atoms with van der Waals surface area (Å²) in [5.41, 5.74) is 6.18. The summed E-state index contributed by atoms with van der Waals surface area (Å²) in [7, 11) is -3.44. The summed E-state index contributed by atoms with van der Waals surface area (Å²) in [6.07, 6.45) is 0.527. The predicted octanol–water partition coefficient (Wildman–Crippen LogP) is 4.55. The minimum atomic E-state index is -3.44. The molecular formula is C29H32N4O4S. The highest BCUT2D eigenvalue weighted by Crippen LogP contribution is 2.28. The first kappa shape index (κ1) is 25.9. The van der Waals surface area contributed by atoms with Gasteiger partial charge in [-0.15, -0.1) is 4.99 Å². The van der Waals surface area contributed by atoms with E-state index in [1.54, 1.807) is 0 Å². The zero-order valence-electron chi connectivity index (χ0n) is 21.5. The molecule has 0 radical (unpaired) electrons. The van der Waals surface area contributed by atoms with E-state index in [1.165, 1.54) is 0 Å². The van der Waals surface area contributed by atoms with E-state index in [0.29, 0.717) is 25.8 Å². The molecule has 4 aromatic rings. The van der Waals surface area contributed by atoms with Gasteiger partial charge in [-0.1, -0.05) is 71.8 Å². The molecule has 1 aliphatic carbocycles. The van der Waals surface area contributed by atoms with Crippen LogP contribution in [0.25, 0.3) is 11.0 Å². The lowest BCUT2D eigenvalue weighted by molar-refractivity contribution is 0.204. The lowest BCUT2D eigenvalue weighted by atomic mass is 10.0. The van der Waals surface area contributed by atoms with Crippen molar-refractivity contribution in [2.45, 2.75) is 50.9 Å². The molecule has 8 nitrogen and oxygen atoms in total. The van der Waals surface area contributed by atoms with Gasteiger partial charge in [-0.05, 0) is 56.4 Å². The third-order valence-corrected chi connectivity index (χ3v) is 8.90. The zero-order chi connectivity index (χ0) is 26.9. The number of nitrogens with zero attached hydrogens (tertiary/aromatic N) is 3. The Morgan fingerprint density at radius 2 is 1.53 bits per heavy atom. The number of hydrogen-bond donors (Lipinski definition) is 2. The molecule has 3 aromatic carbocycles. The van der Waals surface area contributed by atoms with E-state index in [4.69, 9.17) is 0 Å². The average Bonchev–Trinajstić information content (AvgIpc) is 3.71. The van der Waals surface area contributed by atoms with Crippen LogP contribution in [0.1, 0.15) is 41.1 Å². The first-order valence-corrected chi connectivity index (χ1v) is 14.3. The van der Waals surface area contributed by atoms with Crippen molar-refractivity contribution in [1.82, 2.24) is 13.9 Å². The second-order valence-corrected chi connectivity index (χ2v) is 12.1. The monoisotopic (exact) mass is 532 g/mol. The minimum absolute atomic E-state index is 0.123. The topological polar surface area (TPSA) is 106 Å². The summed E-state index contributed by atoms with van der Waals surface area (Å²) in [5.74, 6) is 0. The largest absolute Gasteiger partial charge is 0.463 e. The van der Waals surface area contributed by atoms with Gasteiger partial charge in [-0.3, -0.25) is 0 Å². The van der Waals surface area contributed by atoms with Crippen LogP contribution in [-0.2, 0) is 23.0 Å². The molecule has 1 aliphatic rings. The van der Waals surface area contributed by atoms with Gasteiger partial charge in [0.1, 0.15) is 0 Å². The molecule has 2 N–H and O–H groups in total. The van der Waals surface area contributed by atoms with Crippen molar-refractivity contribution in [1.29, 1.82) is 0 Å². The Kier molecular flexibility index (Phi) is 7.23. The number of imidazole rings is 1. The number of hydrogen-bond acceptors (Lipinski definition) is 3. The molecule has 0 bridgehead atoms. The van der Waals surface area contributed by atoms with E-state index in [-0.39, 0.29) is 17.4 Å². The van der Waals surface area contributed by atoms with Crippen LogP contribution in [0.15, 0.2) is 77.8 Å². The van der Waals surface area contributed by atoms with Gasteiger partial charge < -0.3 is 14.2 Å². The van der Waals surface area contributed by atoms with Crippen LogP contribution in [0, 0.1) is 13.8 Å². The van der Waals surface area contributed by atoms with Gasteiger partial charge in [0.05, 0.1) is 28.9 Å². The summed E-state index contributed by atoms with van der Waals surface area (Å²) in [6.45, 7) is 4.58. The third-order valence-electron chi connectivity index (χ3n) is 6.99. The van der Waals surface area contributed by atoms with E-state index in [0.717, 1.165) is 33.3 Å². The van der Waals surface area contributed by atoms with Gasteiger partial charge in [-0.2, -0.15) is 0 Å². The lowest BCUT2D eigenvalue weighted by Crippen LogP contribution is -2.38. The molecule has 9 heteroatoms. The van der Waals surface area contributed by atoms with Crippen molar-refractivity contribution in [3.05, 3.63) is 101 Å². The van der Waals surface area contributed by atoms with Crippen LogP contribution in [0.3, 0.4) is 0 Å². The average molecular weight is 533 g/mol. The Labute approximate surface area is 222 Å². The number of carboxylic acid groups (broad SMARTS) is 1. The lowest BCUT2D eigenvalue weighted by Gasteiger charge is -2.21. The number of sulfonamides is 1. The first-order chi connectivity index (χ1) is 18.2. The zero-order valence-corrected chi connectivity index (χ0v) is 22.4. The third kappa shape index (κ3) is 5.74. The van der Waals surface area contributed by atoms with Crippen molar-refractivity contribution >= 4 is 27.1 Å². The molecule has 1 atom stereocenters. The number of benzene rings is 3. The van der Waals surface area contributed by atoms with Crippen LogP contribution >= 0.6 is 0 Å². The minimum Gasteiger partial charge on any atom is -0.463 e. The predicted molar refractivity (Wildman–Crippen MR) is 148 cm³/mol. The molecular weight excluding hydrogens is 500 g/mol. The molecule has 198 valence electrons. The van der Waals surface area contributed by atoms with Gasteiger partial charge in [0, 0.05) is 6.54 Å². The highest BCUT2D eigenvalue weighted by atomic mass is 32.2. The molecule has 1 amide bonds. The summed E-state index contributed by atoms with van der Waals surface area (Å²) in [6, 6.07) is 23.5. The maximum atomic E-state index is 12.8. The Morgan fingerprint density at radius 1 is 0.947 bits per heavy atom. The maximum absolute atomic E-state index is 12.8. The van der Waals surface area contributed by atoms with Gasteiger partial charge in [0.15, 0.2) is 0 Å². The molecule has 1 saturated carbocycles. The summed E-state index contributed by atoms with van der Waals surface area (Å²) < 4.78 is 32.2. The molecule has 38 heavy (non-hydrogen) atoms. The van der Waals surface area contributed by atoms with Gasteiger partial charge >= 0.3 is 6.09 Å². The van der Waals surface area contributed by atoms with E-state index in [1.807, 2.05) is 95.8 Å². The van der Waals surface area contributed by atoms with Crippen LogP contribution < -0.4 is 10.3 Å². The Hall–Kier alpha value is -3.69. The Morgan fingerprint density at radius 3 is 2.11 bits per heavy atom. The summed E-state index contributed by atoms with van der Waals surface area (Å²) in [5, 5.41) is 9.43. The van der Waals surface area contributed by atoms with E-state index < -0.39 is 22.2 Å². The fourth-order valence-electron chi connectivity index (χ4n) is 4.79. The van der Waals surface area contributed by atoms with Crippen LogP contribution in [0.4, 0.5) is 4.79 Å². The SMILES string of the molecule is Cc1ccc(CC(CNS(=O)(=O)C2CC2)n2/c(=N/C(=O)O)n(Cc3ccc(C)cc3)c3ccccc32)cc1. The number of carbonyl (C=O) groups is 1. The number of para-hydroxylation sites is 2. The van der Waals surface area contributed by atoms with Crippen molar-refractivity contribution in [3.63, 3.8) is 0 Å². The van der Waals surface area contributed by atoms with Gasteiger partial charge in [-0.25, -0.2) is 17.9 Å². The first-order valence-electron chi connectivity index (χ1n) is 12.8. The Bertz CT molecular complexity index is 1630. The summed E-state index contributed by atoms with van der Waals surface area (Å²) in [4.78, 5) is 16.0. The van der Waals surface area contributed by atoms with Crippen molar-refractivity contribution in [2.24, 2.45) is 4.99 Å². The maximum Gasteiger partial charge on any atom is 0.434 e. The molecule has 1 unspecified atom stereocenters. The fourth-order valence-corrected chi connectivity index (χ4v) is 6.21. The Balaban J connectivity index is 1.66. The molecule has 1 fully saturated rings. The number of aryl methyl sites for hydroxylation is 2. The highest BCUT2D eigenvalue weighted by Gasteiger charge is 2.36. The number of fused-ring (bicyclic) bond motifs is 1. The van der Waals surface area contributed by atoms with Crippen molar-refractivity contribution in [3.8, 4) is 0 Å². The second-order valence-electron chi connectivity index (χ2n) is 10.1. The van der Waals surface area contributed by atoms with Crippen LogP contribution in [0.5, 0.6) is 0 Å². The quantitative estimate of drug-likeness (QED) is 0.330. The number of rotatable bonds is 9. The number of nitrogens with one attached hydrogen (secondary N) is 1. The smallest absolute Gasteiger partial charge is 0.434 e. The normalized spacial score (nSPS) is 15.2. The second kappa shape index (κ2) is 10.6. The molecule has 0 aliphatic heterocycles. The van der Waals surface area contributed by atoms with Gasteiger partial charge in [0.2, 0.25) is 15.6 Å². The van der Waals surface area contributed by atoms with E-state index in [2.05, 4.69) is 9.71 Å². The molecule has 1 heterocycles. The van der Waals surface area contributed by atoms with Crippen LogP contribution in [0.2, 0.25) is 0 Å². The van der Waals surface area contributed by atoms with Crippen molar-refractivity contribution < 1.29 is 18.3 Å². The number of aromatic nitrogens is 2.